The Bertz CT molecular complexity index is 424. The highest BCUT2D eigenvalue weighted by atomic mass is 79.9. The fourth-order valence-corrected chi connectivity index (χ4v) is 2.78. The molecule has 3 rings (SSSR count). The largest absolute Gasteiger partial charge is 0.490 e. The number of nitrogens with two attached hydrogens (primary N) is 1. The van der Waals surface area contributed by atoms with E-state index in [-0.39, 0.29) is 5.41 Å². The molecule has 3 heteroatoms. The van der Waals surface area contributed by atoms with Gasteiger partial charge in [0.05, 0.1) is 6.10 Å². The molecule has 0 aromatic heterocycles. The van der Waals surface area contributed by atoms with Crippen molar-refractivity contribution in [1.82, 2.24) is 0 Å². The Morgan fingerprint density at radius 2 is 2.12 bits per heavy atom. The van der Waals surface area contributed by atoms with Crippen molar-refractivity contribution in [2.75, 3.05) is 6.54 Å². The van der Waals surface area contributed by atoms with Crippen molar-refractivity contribution in [3.63, 3.8) is 0 Å². The standard InChI is InChI=1S/C14H18BrNO/c15-10-4-5-13(17-11-2-1-3-11)12(8-10)14(9-16)6-7-14/h4-5,8,11H,1-3,6-7,9,16H2. The second-order valence-electron chi connectivity index (χ2n) is 5.30. The van der Waals surface area contributed by atoms with Gasteiger partial charge in [-0.2, -0.15) is 0 Å². The van der Waals surface area contributed by atoms with Gasteiger partial charge < -0.3 is 10.5 Å². The number of hydrogen-bond donors (Lipinski definition) is 1. The average molecular weight is 296 g/mol. The molecule has 0 unspecified atom stereocenters. The van der Waals surface area contributed by atoms with E-state index in [1.807, 2.05) is 0 Å². The Hall–Kier alpha value is -0.540. The number of benzene rings is 1. The predicted octanol–water partition coefficient (Wildman–Crippen LogP) is 3.37. The summed E-state index contributed by atoms with van der Waals surface area (Å²) in [5.74, 6) is 1.06. The van der Waals surface area contributed by atoms with E-state index in [0.717, 1.165) is 16.8 Å². The molecule has 2 aliphatic rings. The number of ether oxygens (including phenoxy) is 1. The molecule has 1 aromatic rings. The summed E-state index contributed by atoms with van der Waals surface area (Å²) in [6, 6.07) is 6.34. The maximum absolute atomic E-state index is 6.09. The van der Waals surface area contributed by atoms with Gasteiger partial charge in [0.25, 0.3) is 0 Å². The van der Waals surface area contributed by atoms with Gasteiger partial charge in [0, 0.05) is 22.0 Å². The summed E-state index contributed by atoms with van der Waals surface area (Å²) < 4.78 is 7.21. The van der Waals surface area contributed by atoms with Crippen molar-refractivity contribution in [1.29, 1.82) is 0 Å². The van der Waals surface area contributed by atoms with Gasteiger partial charge in [-0.05, 0) is 50.3 Å². The molecule has 0 saturated heterocycles. The van der Waals surface area contributed by atoms with Crippen molar-refractivity contribution in [2.45, 2.75) is 43.6 Å². The second kappa shape index (κ2) is 4.29. The van der Waals surface area contributed by atoms with Crippen molar-refractivity contribution < 1.29 is 4.74 Å². The minimum Gasteiger partial charge on any atom is -0.490 e. The molecule has 17 heavy (non-hydrogen) atoms. The minimum absolute atomic E-state index is 0.197. The zero-order chi connectivity index (χ0) is 11.9. The maximum Gasteiger partial charge on any atom is 0.123 e. The Balaban J connectivity index is 1.90. The molecule has 2 N–H and O–H groups in total. The lowest BCUT2D eigenvalue weighted by Gasteiger charge is -2.29. The van der Waals surface area contributed by atoms with Gasteiger partial charge in [-0.15, -0.1) is 0 Å². The van der Waals surface area contributed by atoms with Gasteiger partial charge in [0.2, 0.25) is 0 Å². The molecule has 0 heterocycles. The highest BCUT2D eigenvalue weighted by Gasteiger charge is 2.45. The maximum atomic E-state index is 6.09. The molecule has 0 aliphatic heterocycles. The van der Waals surface area contributed by atoms with E-state index in [1.165, 1.54) is 37.7 Å². The van der Waals surface area contributed by atoms with Crippen molar-refractivity contribution >= 4 is 15.9 Å². The van der Waals surface area contributed by atoms with Crippen LogP contribution in [0.3, 0.4) is 0 Å². The first kappa shape index (κ1) is 11.5. The minimum atomic E-state index is 0.197. The van der Waals surface area contributed by atoms with Crippen LogP contribution in [0.2, 0.25) is 0 Å². The smallest absolute Gasteiger partial charge is 0.123 e. The van der Waals surface area contributed by atoms with Gasteiger partial charge in [-0.25, -0.2) is 0 Å². The van der Waals surface area contributed by atoms with Crippen LogP contribution in [-0.2, 0) is 5.41 Å². The third-order valence-corrected chi connectivity index (χ3v) is 4.60. The predicted molar refractivity (Wildman–Crippen MR) is 72.4 cm³/mol. The molecular formula is C14H18BrNO. The molecule has 0 spiro atoms. The third-order valence-electron chi connectivity index (χ3n) is 4.10. The summed E-state index contributed by atoms with van der Waals surface area (Å²) >= 11 is 3.55. The van der Waals surface area contributed by atoms with Crippen molar-refractivity contribution in [3.05, 3.63) is 28.2 Å². The molecular weight excluding hydrogens is 278 g/mol. The van der Waals surface area contributed by atoms with Gasteiger partial charge >= 0.3 is 0 Å². The summed E-state index contributed by atoms with van der Waals surface area (Å²) in [6.07, 6.45) is 6.53. The molecule has 0 atom stereocenters. The van der Waals surface area contributed by atoms with E-state index < -0.39 is 0 Å². The van der Waals surface area contributed by atoms with Gasteiger partial charge in [0.15, 0.2) is 0 Å². The number of rotatable bonds is 4. The molecule has 0 amide bonds. The molecule has 0 bridgehead atoms. The summed E-state index contributed by atoms with van der Waals surface area (Å²) in [6.45, 7) is 0.727. The van der Waals surface area contributed by atoms with Gasteiger partial charge in [0.1, 0.15) is 5.75 Å². The van der Waals surface area contributed by atoms with Gasteiger partial charge in [-0.1, -0.05) is 15.9 Å². The van der Waals surface area contributed by atoms with Gasteiger partial charge in [-0.3, -0.25) is 0 Å². The topological polar surface area (TPSA) is 35.2 Å². The van der Waals surface area contributed by atoms with Crippen LogP contribution in [0, 0.1) is 0 Å². The van der Waals surface area contributed by atoms with Crippen LogP contribution in [0.1, 0.15) is 37.7 Å². The molecule has 2 saturated carbocycles. The monoisotopic (exact) mass is 295 g/mol. The Kier molecular flexibility index (Phi) is 2.91. The first-order valence-corrected chi connectivity index (χ1v) is 7.20. The van der Waals surface area contributed by atoms with E-state index in [1.54, 1.807) is 0 Å². The Labute approximate surface area is 111 Å². The van der Waals surface area contributed by atoms with Crippen molar-refractivity contribution in [2.24, 2.45) is 5.73 Å². The molecule has 2 fully saturated rings. The highest BCUT2D eigenvalue weighted by molar-refractivity contribution is 9.10. The lowest BCUT2D eigenvalue weighted by Crippen LogP contribution is -2.27. The zero-order valence-corrected chi connectivity index (χ0v) is 11.5. The summed E-state index contributed by atoms with van der Waals surface area (Å²) in [5.41, 5.74) is 7.43. The fraction of sp³-hybridized carbons (Fsp3) is 0.571. The van der Waals surface area contributed by atoms with E-state index in [2.05, 4.69) is 34.1 Å². The average Bonchev–Trinajstić information content (AvgIpc) is 3.05. The molecule has 2 aliphatic carbocycles. The lowest BCUT2D eigenvalue weighted by atomic mass is 9.93. The first-order valence-electron chi connectivity index (χ1n) is 6.40. The van der Waals surface area contributed by atoms with E-state index in [9.17, 15) is 0 Å². The van der Waals surface area contributed by atoms with Crippen LogP contribution in [0.15, 0.2) is 22.7 Å². The zero-order valence-electron chi connectivity index (χ0n) is 9.92. The Morgan fingerprint density at radius 3 is 2.65 bits per heavy atom. The summed E-state index contributed by atoms with van der Waals surface area (Å²) in [4.78, 5) is 0. The fourth-order valence-electron chi connectivity index (χ4n) is 2.42. The molecule has 0 radical (unpaired) electrons. The summed E-state index contributed by atoms with van der Waals surface area (Å²) in [5, 5.41) is 0. The van der Waals surface area contributed by atoms with E-state index in [0.29, 0.717) is 6.10 Å². The normalized spacial score (nSPS) is 22.0. The van der Waals surface area contributed by atoms with Crippen molar-refractivity contribution in [3.8, 4) is 5.75 Å². The van der Waals surface area contributed by atoms with Crippen LogP contribution in [-0.4, -0.2) is 12.6 Å². The first-order chi connectivity index (χ1) is 8.23. The quantitative estimate of drug-likeness (QED) is 0.924. The second-order valence-corrected chi connectivity index (χ2v) is 6.21. The van der Waals surface area contributed by atoms with E-state index >= 15 is 0 Å². The van der Waals surface area contributed by atoms with Crippen LogP contribution in [0.5, 0.6) is 5.75 Å². The van der Waals surface area contributed by atoms with Crippen LogP contribution < -0.4 is 10.5 Å². The highest BCUT2D eigenvalue weighted by Crippen LogP contribution is 2.51. The van der Waals surface area contributed by atoms with Crippen LogP contribution in [0.25, 0.3) is 0 Å². The van der Waals surface area contributed by atoms with E-state index in [4.69, 9.17) is 10.5 Å². The number of hydrogen-bond acceptors (Lipinski definition) is 2. The lowest BCUT2D eigenvalue weighted by molar-refractivity contribution is 0.118. The SMILES string of the molecule is NCC1(c2cc(Br)ccc2OC2CCC2)CC1. The Morgan fingerprint density at radius 1 is 1.35 bits per heavy atom. The molecule has 2 nitrogen and oxygen atoms in total. The number of halogens is 1. The summed E-state index contributed by atoms with van der Waals surface area (Å²) in [7, 11) is 0. The molecule has 92 valence electrons. The third kappa shape index (κ3) is 2.11. The molecule has 1 aromatic carbocycles. The van der Waals surface area contributed by atoms with Crippen LogP contribution in [0.4, 0.5) is 0 Å². The van der Waals surface area contributed by atoms with Crippen LogP contribution >= 0.6 is 15.9 Å².